The Morgan fingerprint density at radius 2 is 2.06 bits per heavy atom. The van der Waals surface area contributed by atoms with Gasteiger partial charge < -0.3 is 10.6 Å². The van der Waals surface area contributed by atoms with Crippen LogP contribution < -0.4 is 5.73 Å². The molecule has 0 unspecified atom stereocenters. The van der Waals surface area contributed by atoms with Gasteiger partial charge in [0, 0.05) is 24.0 Å². The van der Waals surface area contributed by atoms with E-state index in [1.54, 1.807) is 0 Å². The molecule has 0 spiro atoms. The van der Waals surface area contributed by atoms with E-state index >= 15 is 0 Å². The third-order valence-electron chi connectivity index (χ3n) is 3.62. The highest BCUT2D eigenvalue weighted by Gasteiger charge is 2.24. The molecule has 2 rings (SSSR count). The molecule has 18 heavy (non-hydrogen) atoms. The molecule has 1 heterocycles. The molecule has 1 fully saturated rings. The average molecular weight is 264 g/mol. The molecule has 1 aromatic rings. The van der Waals surface area contributed by atoms with Crippen molar-refractivity contribution in [1.82, 2.24) is 4.90 Å². The van der Waals surface area contributed by atoms with Gasteiger partial charge in [-0.1, -0.05) is 12.1 Å². The summed E-state index contributed by atoms with van der Waals surface area (Å²) in [6.07, 6.45) is 4.30. The molecular weight excluding hydrogens is 244 g/mol. The summed E-state index contributed by atoms with van der Waals surface area (Å²) < 4.78 is 0. The molecule has 0 aliphatic carbocycles. The van der Waals surface area contributed by atoms with Gasteiger partial charge in [-0.15, -0.1) is 0 Å². The number of nitrogens with two attached hydrogens (primary N) is 1. The van der Waals surface area contributed by atoms with Gasteiger partial charge in [0.25, 0.3) is 5.91 Å². The summed E-state index contributed by atoms with van der Waals surface area (Å²) in [7, 11) is 0. The Morgan fingerprint density at radius 1 is 1.39 bits per heavy atom. The fourth-order valence-electron chi connectivity index (χ4n) is 2.33. The maximum absolute atomic E-state index is 12.4. The number of thioether (sulfide) groups is 1. The highest BCUT2D eigenvalue weighted by molar-refractivity contribution is 7.99. The Labute approximate surface area is 113 Å². The molecule has 1 aliphatic heterocycles. The van der Waals surface area contributed by atoms with Crippen LogP contribution in [-0.2, 0) is 0 Å². The zero-order valence-electron chi connectivity index (χ0n) is 11.0. The Hall–Kier alpha value is -1.16. The minimum absolute atomic E-state index is 0.0794. The largest absolute Gasteiger partial charge is 0.398 e. The van der Waals surface area contributed by atoms with Gasteiger partial charge in [-0.2, -0.15) is 11.8 Å². The van der Waals surface area contributed by atoms with Gasteiger partial charge in [-0.3, -0.25) is 4.79 Å². The van der Waals surface area contributed by atoms with E-state index in [4.69, 9.17) is 5.73 Å². The lowest BCUT2D eigenvalue weighted by molar-refractivity contribution is 0.0728. The van der Waals surface area contributed by atoms with Crippen LogP contribution in [0.5, 0.6) is 0 Å². The summed E-state index contributed by atoms with van der Waals surface area (Å²) in [6, 6.07) is 5.66. The number of benzene rings is 1. The van der Waals surface area contributed by atoms with E-state index in [9.17, 15) is 4.79 Å². The predicted octanol–water partition coefficient (Wildman–Crippen LogP) is 2.54. The van der Waals surface area contributed by atoms with Gasteiger partial charge in [0.15, 0.2) is 0 Å². The van der Waals surface area contributed by atoms with Crippen molar-refractivity contribution in [2.24, 2.45) is 0 Å². The van der Waals surface area contributed by atoms with E-state index in [0.29, 0.717) is 16.5 Å². The number of carbonyl (C=O) groups excluding carboxylic acids is 1. The maximum atomic E-state index is 12.4. The number of likely N-dealkylation sites (tertiary alicyclic amines) is 1. The molecule has 0 bridgehead atoms. The Balaban J connectivity index is 2.10. The number of amides is 1. The second-order valence-electron chi connectivity index (χ2n) is 4.76. The van der Waals surface area contributed by atoms with Crippen LogP contribution in [0.4, 0.5) is 5.69 Å². The third-order valence-corrected chi connectivity index (χ3v) is 4.76. The van der Waals surface area contributed by atoms with Gasteiger partial charge in [-0.25, -0.2) is 0 Å². The number of piperidine rings is 1. The van der Waals surface area contributed by atoms with Gasteiger partial charge in [0.1, 0.15) is 0 Å². The number of aryl methyl sites for hydroxylation is 1. The van der Waals surface area contributed by atoms with Crippen molar-refractivity contribution in [3.8, 4) is 0 Å². The number of carbonyl (C=O) groups is 1. The first-order chi connectivity index (χ1) is 8.63. The lowest BCUT2D eigenvalue weighted by Crippen LogP contribution is -2.39. The standard InChI is InChI=1S/C14H20N2OS/c1-10-4-3-5-12(13(10)15)14(17)16-8-6-11(18-2)7-9-16/h3-5,11H,6-9,15H2,1-2H3. The Bertz CT molecular complexity index is 439. The van der Waals surface area contributed by atoms with Crippen LogP contribution in [0, 0.1) is 6.92 Å². The fraction of sp³-hybridized carbons (Fsp3) is 0.500. The van der Waals surface area contributed by atoms with Crippen molar-refractivity contribution in [3.05, 3.63) is 29.3 Å². The molecule has 4 heteroatoms. The Kier molecular flexibility index (Phi) is 4.17. The van der Waals surface area contributed by atoms with E-state index < -0.39 is 0 Å². The second-order valence-corrected chi connectivity index (χ2v) is 5.90. The third kappa shape index (κ3) is 2.64. The number of nitrogens with zero attached hydrogens (tertiary/aromatic N) is 1. The molecule has 3 nitrogen and oxygen atoms in total. The summed E-state index contributed by atoms with van der Waals surface area (Å²) in [5.74, 6) is 0.0794. The Morgan fingerprint density at radius 3 is 2.67 bits per heavy atom. The van der Waals surface area contributed by atoms with Crippen molar-refractivity contribution >= 4 is 23.4 Å². The van der Waals surface area contributed by atoms with Crippen LogP contribution in [0.25, 0.3) is 0 Å². The molecule has 1 amide bonds. The summed E-state index contributed by atoms with van der Waals surface area (Å²) in [4.78, 5) is 14.3. The van der Waals surface area contributed by atoms with E-state index in [1.807, 2.05) is 41.8 Å². The number of rotatable bonds is 2. The van der Waals surface area contributed by atoms with Crippen LogP contribution in [0.1, 0.15) is 28.8 Å². The van der Waals surface area contributed by atoms with Crippen LogP contribution in [0.15, 0.2) is 18.2 Å². The van der Waals surface area contributed by atoms with E-state index in [-0.39, 0.29) is 5.91 Å². The van der Waals surface area contributed by atoms with Gasteiger partial charge in [0.2, 0.25) is 0 Å². The number of anilines is 1. The summed E-state index contributed by atoms with van der Waals surface area (Å²) >= 11 is 1.90. The molecule has 0 aromatic heterocycles. The van der Waals surface area contributed by atoms with Crippen LogP contribution >= 0.6 is 11.8 Å². The van der Waals surface area contributed by atoms with Crippen molar-refractivity contribution < 1.29 is 4.79 Å². The first kappa shape index (κ1) is 13.3. The summed E-state index contributed by atoms with van der Waals surface area (Å²) in [5, 5.41) is 0.698. The predicted molar refractivity (Wildman–Crippen MR) is 78.0 cm³/mol. The lowest BCUT2D eigenvalue weighted by atomic mass is 10.0. The van der Waals surface area contributed by atoms with E-state index in [2.05, 4.69) is 6.26 Å². The number of hydrogen-bond acceptors (Lipinski definition) is 3. The smallest absolute Gasteiger partial charge is 0.255 e. The van der Waals surface area contributed by atoms with Gasteiger partial charge in [-0.05, 0) is 37.7 Å². The molecular formula is C14H20N2OS. The van der Waals surface area contributed by atoms with E-state index in [0.717, 1.165) is 31.5 Å². The normalized spacial score (nSPS) is 16.9. The van der Waals surface area contributed by atoms with Crippen molar-refractivity contribution in [1.29, 1.82) is 0 Å². The fourth-order valence-corrected chi connectivity index (χ4v) is 3.01. The SMILES string of the molecule is CSC1CCN(C(=O)c2cccc(C)c2N)CC1. The molecule has 98 valence electrons. The minimum Gasteiger partial charge on any atom is -0.398 e. The second kappa shape index (κ2) is 5.65. The molecule has 1 aromatic carbocycles. The zero-order valence-corrected chi connectivity index (χ0v) is 11.8. The monoisotopic (exact) mass is 264 g/mol. The highest BCUT2D eigenvalue weighted by atomic mass is 32.2. The molecule has 0 radical (unpaired) electrons. The van der Waals surface area contributed by atoms with Crippen LogP contribution in [0.3, 0.4) is 0 Å². The van der Waals surface area contributed by atoms with Crippen molar-refractivity contribution in [3.63, 3.8) is 0 Å². The molecule has 1 saturated heterocycles. The average Bonchev–Trinajstić information content (AvgIpc) is 2.41. The maximum Gasteiger partial charge on any atom is 0.255 e. The first-order valence-electron chi connectivity index (χ1n) is 6.30. The zero-order chi connectivity index (χ0) is 13.1. The number of para-hydroxylation sites is 1. The topological polar surface area (TPSA) is 46.3 Å². The van der Waals surface area contributed by atoms with E-state index in [1.165, 1.54) is 0 Å². The highest BCUT2D eigenvalue weighted by Crippen LogP contribution is 2.24. The molecule has 1 aliphatic rings. The molecule has 2 N–H and O–H groups in total. The minimum atomic E-state index is 0.0794. The molecule has 0 atom stereocenters. The van der Waals surface area contributed by atoms with Crippen LogP contribution in [-0.4, -0.2) is 35.4 Å². The first-order valence-corrected chi connectivity index (χ1v) is 7.59. The summed E-state index contributed by atoms with van der Waals surface area (Å²) in [5.41, 5.74) is 8.23. The lowest BCUT2D eigenvalue weighted by Gasteiger charge is -2.31. The van der Waals surface area contributed by atoms with Gasteiger partial charge >= 0.3 is 0 Å². The molecule has 0 saturated carbocycles. The number of hydrogen-bond donors (Lipinski definition) is 1. The van der Waals surface area contributed by atoms with Gasteiger partial charge in [0.05, 0.1) is 5.56 Å². The van der Waals surface area contributed by atoms with Crippen molar-refractivity contribution in [2.45, 2.75) is 25.0 Å². The van der Waals surface area contributed by atoms with Crippen LogP contribution in [0.2, 0.25) is 0 Å². The summed E-state index contributed by atoms with van der Waals surface area (Å²) in [6.45, 7) is 3.63. The quantitative estimate of drug-likeness (QED) is 0.835. The number of nitrogen functional groups attached to an aromatic ring is 1. The van der Waals surface area contributed by atoms with Crippen molar-refractivity contribution in [2.75, 3.05) is 25.1 Å².